The number of rotatable bonds is 7. The first kappa shape index (κ1) is 22.0. The highest BCUT2D eigenvalue weighted by Gasteiger charge is 2.36. The van der Waals surface area contributed by atoms with Gasteiger partial charge < -0.3 is 9.47 Å². The van der Waals surface area contributed by atoms with Crippen LogP contribution < -0.4 is 9.47 Å². The number of halogens is 1. The van der Waals surface area contributed by atoms with E-state index in [0.29, 0.717) is 39.5 Å². The van der Waals surface area contributed by atoms with Crippen molar-refractivity contribution in [3.8, 4) is 11.5 Å². The van der Waals surface area contributed by atoms with E-state index in [4.69, 9.17) is 21.1 Å². The highest BCUT2D eigenvalue weighted by Crippen LogP contribution is 2.40. The summed E-state index contributed by atoms with van der Waals surface area (Å²) in [5.74, 6) is 1.19. The maximum absolute atomic E-state index is 12.8. The number of imide groups is 1. The largest absolute Gasteiger partial charge is 0.493 e. The average molecular weight is 438 g/mol. The molecule has 1 aromatic rings. The molecule has 0 spiro atoms. The van der Waals surface area contributed by atoms with E-state index in [1.165, 1.54) is 24.2 Å². The summed E-state index contributed by atoms with van der Waals surface area (Å²) in [4.78, 5) is 27.0. The Kier molecular flexibility index (Phi) is 7.52. The predicted octanol–water partition coefficient (Wildman–Crippen LogP) is 6.14. The normalized spacial score (nSPS) is 20.4. The zero-order chi connectivity index (χ0) is 21.0. The molecule has 2 fully saturated rings. The van der Waals surface area contributed by atoms with Gasteiger partial charge in [0.25, 0.3) is 11.1 Å². The second-order valence-corrected chi connectivity index (χ2v) is 9.07. The van der Waals surface area contributed by atoms with Crippen molar-refractivity contribution < 1.29 is 19.1 Å². The molecule has 7 heteroatoms. The van der Waals surface area contributed by atoms with Crippen LogP contribution in [0.1, 0.15) is 57.9 Å². The number of carbonyl (C=O) groups is 2. The third-order valence-corrected chi connectivity index (χ3v) is 6.67. The fraction of sp³-hybridized carbons (Fsp3) is 0.545. The van der Waals surface area contributed by atoms with Gasteiger partial charge in [-0.1, -0.05) is 37.8 Å². The van der Waals surface area contributed by atoms with Crippen LogP contribution in [0.2, 0.25) is 5.02 Å². The molecular weight excluding hydrogens is 410 g/mol. The molecule has 0 N–H and O–H groups in total. The fourth-order valence-corrected chi connectivity index (χ4v) is 4.77. The lowest BCUT2D eigenvalue weighted by Gasteiger charge is -2.25. The van der Waals surface area contributed by atoms with Gasteiger partial charge in [0.1, 0.15) is 0 Å². The Morgan fingerprint density at radius 3 is 2.66 bits per heavy atom. The second-order valence-electron chi connectivity index (χ2n) is 7.67. The molecule has 1 aromatic carbocycles. The Hall–Kier alpha value is -1.66. The maximum Gasteiger partial charge on any atom is 0.293 e. The van der Waals surface area contributed by atoms with Crippen LogP contribution in [-0.2, 0) is 4.79 Å². The summed E-state index contributed by atoms with van der Waals surface area (Å²) in [5.41, 5.74) is 0.700. The van der Waals surface area contributed by atoms with Crippen LogP contribution >= 0.6 is 23.4 Å². The van der Waals surface area contributed by atoms with E-state index in [9.17, 15) is 9.59 Å². The predicted molar refractivity (Wildman–Crippen MR) is 118 cm³/mol. The summed E-state index contributed by atoms with van der Waals surface area (Å²) >= 11 is 7.41. The number of carbonyl (C=O) groups excluding carboxylic acids is 2. The molecule has 5 nitrogen and oxygen atoms in total. The zero-order valence-electron chi connectivity index (χ0n) is 17.2. The van der Waals surface area contributed by atoms with E-state index < -0.39 is 0 Å². The first-order chi connectivity index (χ1) is 13.9. The molecule has 2 amide bonds. The Morgan fingerprint density at radius 2 is 2.00 bits per heavy atom. The molecule has 3 rings (SSSR count). The highest BCUT2D eigenvalue weighted by molar-refractivity contribution is 8.18. The lowest BCUT2D eigenvalue weighted by Crippen LogP contribution is -2.34. The average Bonchev–Trinajstić information content (AvgIpc) is 2.97. The minimum Gasteiger partial charge on any atom is -0.493 e. The van der Waals surface area contributed by atoms with Gasteiger partial charge >= 0.3 is 0 Å². The van der Waals surface area contributed by atoms with Crippen molar-refractivity contribution in [2.75, 3.05) is 13.7 Å². The van der Waals surface area contributed by atoms with Crippen LogP contribution in [0.3, 0.4) is 0 Å². The summed E-state index contributed by atoms with van der Waals surface area (Å²) in [6, 6.07) is 3.51. The van der Waals surface area contributed by atoms with Crippen molar-refractivity contribution in [2.45, 2.75) is 58.5 Å². The first-order valence-electron chi connectivity index (χ1n) is 10.2. The van der Waals surface area contributed by atoms with Crippen LogP contribution in [0.15, 0.2) is 17.0 Å². The van der Waals surface area contributed by atoms with Gasteiger partial charge in [0.2, 0.25) is 0 Å². The molecule has 1 aliphatic carbocycles. The SMILES string of the molecule is CC[C@@H](C)Oc1c(Cl)cc(/C=C2/SC(=O)N(CC3CCCCC3)C2=O)cc1OC. The van der Waals surface area contributed by atoms with Crippen LogP contribution in [0.5, 0.6) is 11.5 Å². The monoisotopic (exact) mass is 437 g/mol. The van der Waals surface area contributed by atoms with E-state index in [2.05, 4.69) is 0 Å². The van der Waals surface area contributed by atoms with E-state index in [1.807, 2.05) is 13.8 Å². The molecule has 158 valence electrons. The minimum atomic E-state index is -0.222. The molecule has 0 unspecified atom stereocenters. The highest BCUT2D eigenvalue weighted by atomic mass is 35.5. The van der Waals surface area contributed by atoms with Crippen molar-refractivity contribution in [1.29, 1.82) is 0 Å². The number of amides is 2. The number of benzene rings is 1. The van der Waals surface area contributed by atoms with Gasteiger partial charge in [-0.05, 0) is 67.6 Å². The number of methoxy groups -OCH3 is 1. The topological polar surface area (TPSA) is 55.8 Å². The van der Waals surface area contributed by atoms with Crippen LogP contribution in [0, 0.1) is 5.92 Å². The van der Waals surface area contributed by atoms with Crippen molar-refractivity contribution in [2.24, 2.45) is 5.92 Å². The van der Waals surface area contributed by atoms with Gasteiger partial charge in [0, 0.05) is 6.54 Å². The molecule has 0 bridgehead atoms. The van der Waals surface area contributed by atoms with Gasteiger partial charge in [-0.3, -0.25) is 14.5 Å². The van der Waals surface area contributed by atoms with Crippen molar-refractivity contribution >= 4 is 40.6 Å². The molecule has 0 radical (unpaired) electrons. The van der Waals surface area contributed by atoms with Crippen LogP contribution in [-0.4, -0.2) is 35.8 Å². The number of ether oxygens (including phenoxy) is 2. The molecule has 0 aromatic heterocycles. The smallest absolute Gasteiger partial charge is 0.293 e. The van der Waals surface area contributed by atoms with Crippen molar-refractivity contribution in [3.63, 3.8) is 0 Å². The quantitative estimate of drug-likeness (QED) is 0.479. The molecule has 2 aliphatic rings. The maximum atomic E-state index is 12.8. The summed E-state index contributed by atoms with van der Waals surface area (Å²) in [6.45, 7) is 4.52. The third-order valence-electron chi connectivity index (χ3n) is 5.48. The Balaban J connectivity index is 1.79. The Morgan fingerprint density at radius 1 is 1.28 bits per heavy atom. The molecule has 1 aliphatic heterocycles. The van der Waals surface area contributed by atoms with Crippen molar-refractivity contribution in [3.05, 3.63) is 27.6 Å². The number of hydrogen-bond donors (Lipinski definition) is 0. The second kappa shape index (κ2) is 9.90. The van der Waals surface area contributed by atoms with Crippen LogP contribution in [0.4, 0.5) is 4.79 Å². The standard InChI is InChI=1S/C22H28ClNO4S/c1-4-14(2)28-20-17(23)10-16(11-18(20)27-3)12-19-21(25)24(22(26)29-19)13-15-8-6-5-7-9-15/h10-12,14-15H,4-9,13H2,1-3H3/b19-12+/t14-/m1/s1. The Labute approximate surface area is 181 Å². The van der Waals surface area contributed by atoms with Gasteiger partial charge in [-0.2, -0.15) is 0 Å². The molecule has 29 heavy (non-hydrogen) atoms. The summed E-state index contributed by atoms with van der Waals surface area (Å²) in [5, 5.41) is 0.221. The van der Waals surface area contributed by atoms with Crippen molar-refractivity contribution in [1.82, 2.24) is 4.90 Å². The third kappa shape index (κ3) is 5.28. The number of nitrogens with zero attached hydrogens (tertiary/aromatic N) is 1. The van der Waals surface area contributed by atoms with Gasteiger partial charge in [-0.15, -0.1) is 0 Å². The summed E-state index contributed by atoms with van der Waals surface area (Å²) < 4.78 is 11.3. The number of thioether (sulfide) groups is 1. The van der Waals surface area contributed by atoms with E-state index in [-0.39, 0.29) is 17.3 Å². The van der Waals surface area contributed by atoms with E-state index in [0.717, 1.165) is 31.0 Å². The molecule has 1 saturated heterocycles. The van der Waals surface area contributed by atoms with Gasteiger partial charge in [0.05, 0.1) is 23.1 Å². The first-order valence-corrected chi connectivity index (χ1v) is 11.4. The zero-order valence-corrected chi connectivity index (χ0v) is 18.8. The van der Waals surface area contributed by atoms with Gasteiger partial charge in [-0.25, -0.2) is 0 Å². The Bertz CT molecular complexity index is 804. The van der Waals surface area contributed by atoms with Gasteiger partial charge in [0.15, 0.2) is 11.5 Å². The minimum absolute atomic E-state index is 0.00327. The van der Waals surface area contributed by atoms with Crippen LogP contribution in [0.25, 0.3) is 6.08 Å². The number of hydrogen-bond acceptors (Lipinski definition) is 5. The summed E-state index contributed by atoms with van der Waals surface area (Å²) in [6.07, 6.45) is 8.33. The lowest BCUT2D eigenvalue weighted by molar-refractivity contribution is -0.123. The molecule has 1 saturated carbocycles. The van der Waals surface area contributed by atoms with E-state index >= 15 is 0 Å². The molecule has 1 heterocycles. The fourth-order valence-electron chi connectivity index (χ4n) is 3.66. The summed E-state index contributed by atoms with van der Waals surface area (Å²) in [7, 11) is 1.55. The lowest BCUT2D eigenvalue weighted by atomic mass is 9.89. The molecule has 1 atom stereocenters. The van der Waals surface area contributed by atoms with E-state index in [1.54, 1.807) is 25.3 Å². The molecular formula is C22H28ClNO4S.